The molecule has 2 N–H and O–H groups in total. The van der Waals surface area contributed by atoms with Gasteiger partial charge >= 0.3 is 5.97 Å². The molecular formula is C14H19BrN2O2. The van der Waals surface area contributed by atoms with Gasteiger partial charge in [-0.1, -0.05) is 22.0 Å². The van der Waals surface area contributed by atoms with Gasteiger partial charge in [0.05, 0.1) is 6.42 Å². The number of nitrogens with one attached hydrogen (secondary N) is 1. The van der Waals surface area contributed by atoms with Crippen molar-refractivity contribution in [3.05, 3.63) is 28.7 Å². The standard InChI is InChI=1S/C14H19BrN2O2/c1-10-5-6-17(9-12(16-10)8-14(18)19)13-4-2-3-11(15)7-13/h2-4,7,10,12,16H,5-6,8-9H2,1H3,(H,18,19). The van der Waals surface area contributed by atoms with E-state index in [2.05, 4.69) is 45.2 Å². The van der Waals surface area contributed by atoms with Gasteiger partial charge in [-0.2, -0.15) is 0 Å². The molecule has 2 rings (SSSR count). The largest absolute Gasteiger partial charge is 0.481 e. The Morgan fingerprint density at radius 2 is 2.37 bits per heavy atom. The second-order valence-corrected chi connectivity index (χ2v) is 5.99. The average Bonchev–Trinajstić information content (AvgIpc) is 2.50. The number of rotatable bonds is 3. The summed E-state index contributed by atoms with van der Waals surface area (Å²) in [6, 6.07) is 8.49. The number of carboxylic acids is 1. The number of benzene rings is 1. The third-order valence-corrected chi connectivity index (χ3v) is 3.88. The minimum Gasteiger partial charge on any atom is -0.481 e. The minimum atomic E-state index is -0.749. The summed E-state index contributed by atoms with van der Waals surface area (Å²) in [5.74, 6) is -0.749. The van der Waals surface area contributed by atoms with Gasteiger partial charge in [0.1, 0.15) is 0 Å². The van der Waals surface area contributed by atoms with Crippen molar-refractivity contribution in [2.75, 3.05) is 18.0 Å². The molecule has 1 aliphatic rings. The summed E-state index contributed by atoms with van der Waals surface area (Å²) in [6.45, 7) is 3.78. The Hall–Kier alpha value is -1.07. The number of anilines is 1. The lowest BCUT2D eigenvalue weighted by Gasteiger charge is -2.26. The fraction of sp³-hybridized carbons (Fsp3) is 0.500. The van der Waals surface area contributed by atoms with Crippen molar-refractivity contribution in [1.82, 2.24) is 5.32 Å². The highest BCUT2D eigenvalue weighted by Crippen LogP contribution is 2.22. The normalized spacial score (nSPS) is 24.0. The molecular weight excluding hydrogens is 308 g/mol. The molecule has 2 unspecified atom stereocenters. The summed E-state index contributed by atoms with van der Waals surface area (Å²) in [6.07, 6.45) is 1.18. The van der Waals surface area contributed by atoms with Crippen LogP contribution < -0.4 is 10.2 Å². The highest BCUT2D eigenvalue weighted by Gasteiger charge is 2.23. The van der Waals surface area contributed by atoms with Gasteiger partial charge in [-0.05, 0) is 31.5 Å². The van der Waals surface area contributed by atoms with Crippen molar-refractivity contribution in [2.45, 2.75) is 31.8 Å². The Labute approximate surface area is 121 Å². The second kappa shape index (κ2) is 6.39. The van der Waals surface area contributed by atoms with Crippen molar-refractivity contribution in [3.8, 4) is 0 Å². The zero-order valence-corrected chi connectivity index (χ0v) is 12.6. The molecule has 2 atom stereocenters. The fourth-order valence-corrected chi connectivity index (χ4v) is 2.87. The van der Waals surface area contributed by atoms with E-state index in [4.69, 9.17) is 5.11 Å². The molecule has 0 saturated carbocycles. The third kappa shape index (κ3) is 4.21. The summed E-state index contributed by atoms with van der Waals surface area (Å²) in [5.41, 5.74) is 1.14. The van der Waals surface area contributed by atoms with Gasteiger partial charge in [0.2, 0.25) is 0 Å². The van der Waals surface area contributed by atoms with Crippen LogP contribution in [0.3, 0.4) is 0 Å². The van der Waals surface area contributed by atoms with Crippen molar-refractivity contribution < 1.29 is 9.90 Å². The van der Waals surface area contributed by atoms with Gasteiger partial charge in [-0.15, -0.1) is 0 Å². The molecule has 1 aromatic rings. The zero-order chi connectivity index (χ0) is 13.8. The molecule has 1 fully saturated rings. The third-order valence-electron chi connectivity index (χ3n) is 3.39. The van der Waals surface area contributed by atoms with Crippen LogP contribution in [0.5, 0.6) is 0 Å². The van der Waals surface area contributed by atoms with Gasteiger partial charge in [0.25, 0.3) is 0 Å². The Kier molecular flexibility index (Phi) is 4.82. The molecule has 1 heterocycles. The van der Waals surface area contributed by atoms with E-state index in [1.54, 1.807) is 0 Å². The SMILES string of the molecule is CC1CCN(c2cccc(Br)c2)CC(CC(=O)O)N1. The maximum Gasteiger partial charge on any atom is 0.304 e. The van der Waals surface area contributed by atoms with Gasteiger partial charge in [-0.3, -0.25) is 4.79 Å². The van der Waals surface area contributed by atoms with E-state index in [9.17, 15) is 4.79 Å². The van der Waals surface area contributed by atoms with E-state index >= 15 is 0 Å². The van der Waals surface area contributed by atoms with Crippen molar-refractivity contribution in [1.29, 1.82) is 0 Å². The first kappa shape index (κ1) is 14.3. The quantitative estimate of drug-likeness (QED) is 0.896. The molecule has 1 saturated heterocycles. The van der Waals surface area contributed by atoms with E-state index in [1.165, 1.54) is 0 Å². The van der Waals surface area contributed by atoms with Crippen LogP contribution in [-0.4, -0.2) is 36.2 Å². The first-order chi connectivity index (χ1) is 9.04. The number of hydrogen-bond donors (Lipinski definition) is 2. The Bertz CT molecular complexity index is 453. The molecule has 0 spiro atoms. The van der Waals surface area contributed by atoms with Crippen LogP contribution in [0.2, 0.25) is 0 Å². The molecule has 1 aliphatic heterocycles. The topological polar surface area (TPSA) is 52.6 Å². The molecule has 0 radical (unpaired) electrons. The van der Waals surface area contributed by atoms with Crippen LogP contribution >= 0.6 is 15.9 Å². The van der Waals surface area contributed by atoms with Crippen LogP contribution in [0.15, 0.2) is 28.7 Å². The number of hydrogen-bond acceptors (Lipinski definition) is 3. The lowest BCUT2D eigenvalue weighted by atomic mass is 10.1. The molecule has 1 aromatic carbocycles. The highest BCUT2D eigenvalue weighted by molar-refractivity contribution is 9.10. The summed E-state index contributed by atoms with van der Waals surface area (Å²) >= 11 is 3.48. The molecule has 104 valence electrons. The summed E-state index contributed by atoms with van der Waals surface area (Å²) < 4.78 is 1.05. The van der Waals surface area contributed by atoms with E-state index in [0.717, 1.165) is 29.7 Å². The first-order valence-corrected chi connectivity index (χ1v) is 7.32. The molecule has 0 aromatic heterocycles. The Morgan fingerprint density at radius 1 is 1.58 bits per heavy atom. The first-order valence-electron chi connectivity index (χ1n) is 6.53. The lowest BCUT2D eigenvalue weighted by molar-refractivity contribution is -0.137. The van der Waals surface area contributed by atoms with Crippen molar-refractivity contribution >= 4 is 27.6 Å². The van der Waals surface area contributed by atoms with Gasteiger partial charge in [0, 0.05) is 35.3 Å². The van der Waals surface area contributed by atoms with Crippen molar-refractivity contribution in [2.24, 2.45) is 0 Å². The molecule has 0 amide bonds. The number of carbonyl (C=O) groups is 1. The lowest BCUT2D eigenvalue weighted by Crippen LogP contribution is -2.41. The van der Waals surface area contributed by atoms with E-state index in [0.29, 0.717) is 6.04 Å². The zero-order valence-electron chi connectivity index (χ0n) is 11.0. The summed E-state index contributed by atoms with van der Waals surface area (Å²) in [7, 11) is 0. The van der Waals surface area contributed by atoms with Crippen LogP contribution in [0.1, 0.15) is 19.8 Å². The smallest absolute Gasteiger partial charge is 0.304 e. The fourth-order valence-electron chi connectivity index (χ4n) is 2.49. The van der Waals surface area contributed by atoms with Crippen molar-refractivity contribution in [3.63, 3.8) is 0 Å². The maximum absolute atomic E-state index is 10.9. The number of nitrogens with zero attached hydrogens (tertiary/aromatic N) is 1. The minimum absolute atomic E-state index is 0.00557. The molecule has 4 nitrogen and oxygen atoms in total. The van der Waals surface area contributed by atoms with Gasteiger partial charge in [0.15, 0.2) is 0 Å². The van der Waals surface area contributed by atoms with E-state index in [-0.39, 0.29) is 12.5 Å². The van der Waals surface area contributed by atoms with E-state index < -0.39 is 5.97 Å². The predicted octanol–water partition coefficient (Wildman–Crippen LogP) is 2.48. The average molecular weight is 327 g/mol. The van der Waals surface area contributed by atoms with E-state index in [1.807, 2.05) is 12.1 Å². The monoisotopic (exact) mass is 326 g/mol. The molecule has 0 aliphatic carbocycles. The predicted molar refractivity (Wildman–Crippen MR) is 79.6 cm³/mol. The summed E-state index contributed by atoms with van der Waals surface area (Å²) in [4.78, 5) is 13.2. The van der Waals surface area contributed by atoms with Gasteiger partial charge < -0.3 is 15.3 Å². The Balaban J connectivity index is 2.13. The van der Waals surface area contributed by atoms with Gasteiger partial charge in [-0.25, -0.2) is 0 Å². The Morgan fingerprint density at radius 3 is 3.05 bits per heavy atom. The maximum atomic E-state index is 10.9. The highest BCUT2D eigenvalue weighted by atomic mass is 79.9. The number of halogens is 1. The summed E-state index contributed by atoms with van der Waals surface area (Å²) in [5, 5.41) is 12.4. The van der Waals surface area contributed by atoms with Crippen LogP contribution in [0, 0.1) is 0 Å². The van der Waals surface area contributed by atoms with Crippen LogP contribution in [-0.2, 0) is 4.79 Å². The molecule has 5 heteroatoms. The second-order valence-electron chi connectivity index (χ2n) is 5.08. The number of carboxylic acid groups (broad SMARTS) is 1. The van der Waals surface area contributed by atoms with Crippen LogP contribution in [0.4, 0.5) is 5.69 Å². The molecule has 19 heavy (non-hydrogen) atoms. The number of aliphatic carboxylic acids is 1. The molecule has 0 bridgehead atoms. The van der Waals surface area contributed by atoms with Crippen LogP contribution in [0.25, 0.3) is 0 Å².